The number of nitrogens with zero attached hydrogens (tertiary/aromatic N) is 2. The van der Waals surface area contributed by atoms with Crippen molar-refractivity contribution in [2.24, 2.45) is 0 Å². The third kappa shape index (κ3) is 4.02. The van der Waals surface area contributed by atoms with E-state index in [1.165, 1.54) is 11.3 Å². The van der Waals surface area contributed by atoms with E-state index in [0.717, 1.165) is 28.0 Å². The normalized spacial score (nSPS) is 21.2. The van der Waals surface area contributed by atoms with Crippen molar-refractivity contribution in [3.05, 3.63) is 64.2 Å². The number of nitrogens with one attached hydrogen (secondary N) is 1. The molecule has 0 bridgehead atoms. The smallest absolute Gasteiger partial charge is 0.335 e. The number of amides is 4. The molecule has 4 rings (SSSR count). The first-order chi connectivity index (χ1) is 15.9. The van der Waals surface area contributed by atoms with Crippen LogP contribution in [0.1, 0.15) is 69.2 Å². The number of urea groups is 1. The second-order valence-corrected chi connectivity index (χ2v) is 10.4. The van der Waals surface area contributed by atoms with Gasteiger partial charge in [0.25, 0.3) is 11.8 Å². The van der Waals surface area contributed by atoms with Gasteiger partial charge in [-0.25, -0.2) is 9.69 Å². The van der Waals surface area contributed by atoms with Crippen molar-refractivity contribution >= 4 is 35.3 Å². The number of anilines is 2. The second kappa shape index (κ2) is 8.42. The van der Waals surface area contributed by atoms with Gasteiger partial charge in [-0.1, -0.05) is 19.1 Å². The molecule has 1 atom stereocenters. The van der Waals surface area contributed by atoms with Crippen LogP contribution in [0.3, 0.4) is 0 Å². The summed E-state index contributed by atoms with van der Waals surface area (Å²) in [6.07, 6.45) is 2.59. The molecular weight excluding hydrogens is 426 g/mol. The van der Waals surface area contributed by atoms with Crippen LogP contribution in [-0.2, 0) is 9.59 Å². The van der Waals surface area contributed by atoms with Crippen LogP contribution >= 0.6 is 0 Å². The lowest BCUT2D eigenvalue weighted by molar-refractivity contribution is -0.122. The van der Waals surface area contributed by atoms with Crippen LogP contribution in [0.2, 0.25) is 0 Å². The Hall–Kier alpha value is -3.41. The van der Waals surface area contributed by atoms with Gasteiger partial charge in [0.2, 0.25) is 0 Å². The van der Waals surface area contributed by atoms with E-state index in [0.29, 0.717) is 17.6 Å². The zero-order chi connectivity index (χ0) is 24.9. The molecule has 2 aliphatic heterocycles. The van der Waals surface area contributed by atoms with Crippen molar-refractivity contribution in [1.29, 1.82) is 0 Å². The largest absolute Gasteiger partial charge is 0.364 e. The number of hydrogen-bond donors (Lipinski definition) is 1. The molecular formula is C28H33N3O3. The summed E-state index contributed by atoms with van der Waals surface area (Å²) in [5.41, 5.74) is 5.60. The van der Waals surface area contributed by atoms with Gasteiger partial charge in [0.1, 0.15) is 5.57 Å². The van der Waals surface area contributed by atoms with E-state index in [1.54, 1.807) is 18.2 Å². The third-order valence-corrected chi connectivity index (χ3v) is 6.98. The van der Waals surface area contributed by atoms with Crippen LogP contribution in [0.25, 0.3) is 6.08 Å². The van der Waals surface area contributed by atoms with Gasteiger partial charge < -0.3 is 4.90 Å². The molecule has 1 saturated heterocycles. The molecule has 2 aromatic carbocycles. The molecule has 178 valence electrons. The first-order valence-electron chi connectivity index (χ1n) is 11.8. The van der Waals surface area contributed by atoms with Crippen molar-refractivity contribution in [3.8, 4) is 0 Å². The van der Waals surface area contributed by atoms with Crippen molar-refractivity contribution in [2.75, 3.05) is 9.80 Å². The van der Waals surface area contributed by atoms with Gasteiger partial charge in [-0.05, 0) is 106 Å². The van der Waals surface area contributed by atoms with Gasteiger partial charge in [0, 0.05) is 17.3 Å². The monoisotopic (exact) mass is 459 g/mol. The predicted molar refractivity (Wildman–Crippen MR) is 136 cm³/mol. The van der Waals surface area contributed by atoms with Gasteiger partial charge in [-0.2, -0.15) is 0 Å². The fourth-order valence-electron chi connectivity index (χ4n) is 5.46. The van der Waals surface area contributed by atoms with E-state index in [4.69, 9.17) is 0 Å². The van der Waals surface area contributed by atoms with Gasteiger partial charge in [-0.15, -0.1) is 0 Å². The molecule has 6 heteroatoms. The minimum absolute atomic E-state index is 0.0345. The number of hydrogen-bond acceptors (Lipinski definition) is 4. The van der Waals surface area contributed by atoms with Crippen molar-refractivity contribution in [2.45, 2.75) is 72.4 Å². The predicted octanol–water partition coefficient (Wildman–Crippen LogP) is 5.47. The minimum atomic E-state index is -0.732. The summed E-state index contributed by atoms with van der Waals surface area (Å²) in [6, 6.07) is 11.0. The Morgan fingerprint density at radius 1 is 1.03 bits per heavy atom. The Bertz CT molecular complexity index is 1230. The zero-order valence-electron chi connectivity index (χ0n) is 21.0. The average Bonchev–Trinajstić information content (AvgIpc) is 2.73. The number of rotatable bonds is 3. The summed E-state index contributed by atoms with van der Waals surface area (Å²) in [5, 5.41) is 2.32. The molecule has 4 amide bonds. The lowest BCUT2D eigenvalue weighted by atomic mass is 9.78. The first kappa shape index (κ1) is 23.7. The van der Waals surface area contributed by atoms with E-state index in [2.05, 4.69) is 57.0 Å². The summed E-state index contributed by atoms with van der Waals surface area (Å²) in [6.45, 7) is 15.0. The van der Waals surface area contributed by atoms with Crippen LogP contribution in [0.4, 0.5) is 16.2 Å². The molecule has 0 saturated carbocycles. The van der Waals surface area contributed by atoms with Gasteiger partial charge in [0.05, 0.1) is 5.69 Å². The topological polar surface area (TPSA) is 69.7 Å². The van der Waals surface area contributed by atoms with Crippen LogP contribution in [0, 0.1) is 13.8 Å². The highest BCUT2D eigenvalue weighted by molar-refractivity contribution is 6.39. The number of barbiturate groups is 1. The lowest BCUT2D eigenvalue weighted by Gasteiger charge is -2.50. The standard InChI is InChI=1S/C28H33N3O3/c1-16(2)31-24-11-9-20(13-22(24)19(5)15-28(31,6)7)14-23-25(32)29-27(34)30(26(23)33)21-10-8-17(3)18(4)12-21/h8-14,16,19H,15H2,1-7H3,(H,29,32,34)/b23-14+/t19-/m1/s1. The van der Waals surface area contributed by atoms with Crippen LogP contribution in [0.15, 0.2) is 42.0 Å². The fraction of sp³-hybridized carbons (Fsp3) is 0.393. The molecule has 0 unspecified atom stereocenters. The molecule has 2 aliphatic rings. The molecule has 0 radical (unpaired) electrons. The minimum Gasteiger partial charge on any atom is -0.364 e. The van der Waals surface area contributed by atoms with Crippen LogP contribution < -0.4 is 15.1 Å². The van der Waals surface area contributed by atoms with Gasteiger partial charge in [-0.3, -0.25) is 14.9 Å². The van der Waals surface area contributed by atoms with Crippen molar-refractivity contribution in [3.63, 3.8) is 0 Å². The molecule has 2 aromatic rings. The van der Waals surface area contributed by atoms with E-state index in [9.17, 15) is 14.4 Å². The number of carbonyl (C=O) groups is 3. The number of benzene rings is 2. The molecule has 1 fully saturated rings. The Balaban J connectivity index is 1.74. The van der Waals surface area contributed by atoms with Crippen LogP contribution in [-0.4, -0.2) is 29.4 Å². The number of imide groups is 2. The zero-order valence-corrected chi connectivity index (χ0v) is 21.0. The molecule has 0 spiro atoms. The highest BCUT2D eigenvalue weighted by atomic mass is 16.2. The number of carbonyl (C=O) groups excluding carboxylic acids is 3. The lowest BCUT2D eigenvalue weighted by Crippen LogP contribution is -2.54. The SMILES string of the molecule is Cc1ccc(N2C(=O)NC(=O)/C(=C\c3ccc4c(c3)[C@H](C)CC(C)(C)N4C(C)C)C2=O)cc1C. The van der Waals surface area contributed by atoms with E-state index < -0.39 is 17.8 Å². The summed E-state index contributed by atoms with van der Waals surface area (Å²) < 4.78 is 0. The van der Waals surface area contributed by atoms with Gasteiger partial charge in [0.15, 0.2) is 0 Å². The maximum atomic E-state index is 13.3. The fourth-order valence-corrected chi connectivity index (χ4v) is 5.46. The Kier molecular flexibility index (Phi) is 5.88. The van der Waals surface area contributed by atoms with E-state index in [1.807, 2.05) is 26.0 Å². The quantitative estimate of drug-likeness (QED) is 0.488. The Morgan fingerprint density at radius 3 is 2.38 bits per heavy atom. The first-order valence-corrected chi connectivity index (χ1v) is 11.8. The maximum absolute atomic E-state index is 13.3. The number of fused-ring (bicyclic) bond motifs is 1. The summed E-state index contributed by atoms with van der Waals surface area (Å²) >= 11 is 0. The molecule has 2 heterocycles. The molecule has 1 N–H and O–H groups in total. The maximum Gasteiger partial charge on any atom is 0.335 e. The van der Waals surface area contributed by atoms with Crippen molar-refractivity contribution < 1.29 is 14.4 Å². The highest BCUT2D eigenvalue weighted by Crippen LogP contribution is 2.44. The second-order valence-electron chi connectivity index (χ2n) is 10.4. The molecule has 34 heavy (non-hydrogen) atoms. The molecule has 0 aromatic heterocycles. The van der Waals surface area contributed by atoms with E-state index in [-0.39, 0.29) is 11.1 Å². The Labute approximate surface area is 201 Å². The van der Waals surface area contributed by atoms with E-state index >= 15 is 0 Å². The summed E-state index contributed by atoms with van der Waals surface area (Å²) in [5.74, 6) is -0.957. The average molecular weight is 460 g/mol. The highest BCUT2D eigenvalue weighted by Gasteiger charge is 2.39. The van der Waals surface area contributed by atoms with Crippen LogP contribution in [0.5, 0.6) is 0 Å². The number of aryl methyl sites for hydroxylation is 2. The summed E-state index contributed by atoms with van der Waals surface area (Å²) in [7, 11) is 0. The molecule has 0 aliphatic carbocycles. The molecule has 6 nitrogen and oxygen atoms in total. The van der Waals surface area contributed by atoms with Gasteiger partial charge >= 0.3 is 6.03 Å². The third-order valence-electron chi connectivity index (χ3n) is 6.98. The van der Waals surface area contributed by atoms with Crippen molar-refractivity contribution in [1.82, 2.24) is 5.32 Å². The summed E-state index contributed by atoms with van der Waals surface area (Å²) in [4.78, 5) is 42.0. The Morgan fingerprint density at radius 2 is 1.74 bits per heavy atom.